The van der Waals surface area contributed by atoms with Crippen LogP contribution in [0.2, 0.25) is 0 Å². The molecule has 0 amide bonds. The van der Waals surface area contributed by atoms with Crippen LogP contribution in [0.3, 0.4) is 0 Å². The smallest absolute Gasteiger partial charge is 0.257 e. The summed E-state index contributed by atoms with van der Waals surface area (Å²) < 4.78 is 56.5. The molecule has 0 aliphatic carbocycles. The van der Waals surface area contributed by atoms with Crippen LogP contribution in [0.4, 0.5) is 4.39 Å². The molecular formula is C19H18FN3O5S. The highest BCUT2D eigenvalue weighted by Gasteiger charge is 2.34. The number of sulfonamides is 1. The zero-order chi connectivity index (χ0) is 20.4. The molecular weight excluding hydrogens is 401 g/mol. The van der Waals surface area contributed by atoms with Gasteiger partial charge in [-0.2, -0.15) is 9.29 Å². The Morgan fingerprint density at radius 1 is 1.21 bits per heavy atom. The third-order valence-electron chi connectivity index (χ3n) is 4.51. The van der Waals surface area contributed by atoms with E-state index in [1.54, 1.807) is 31.4 Å². The predicted octanol–water partition coefficient (Wildman–Crippen LogP) is 2.65. The van der Waals surface area contributed by atoms with E-state index in [2.05, 4.69) is 10.1 Å². The van der Waals surface area contributed by atoms with Crippen molar-refractivity contribution in [3.63, 3.8) is 0 Å². The Labute approximate surface area is 166 Å². The van der Waals surface area contributed by atoms with Gasteiger partial charge in [-0.1, -0.05) is 23.4 Å². The average Bonchev–Trinajstić information content (AvgIpc) is 3.24. The molecule has 2 heterocycles. The van der Waals surface area contributed by atoms with Gasteiger partial charge in [0.05, 0.1) is 18.6 Å². The van der Waals surface area contributed by atoms with E-state index in [0.717, 1.165) is 6.07 Å². The fourth-order valence-corrected chi connectivity index (χ4v) is 4.47. The molecule has 0 spiro atoms. The molecule has 1 atom stereocenters. The van der Waals surface area contributed by atoms with Gasteiger partial charge in [0.1, 0.15) is 11.6 Å². The van der Waals surface area contributed by atoms with Crippen molar-refractivity contribution in [1.29, 1.82) is 0 Å². The van der Waals surface area contributed by atoms with Crippen molar-refractivity contribution < 1.29 is 26.8 Å². The molecule has 1 aromatic heterocycles. The number of rotatable bonds is 5. The van der Waals surface area contributed by atoms with Crippen LogP contribution in [0, 0.1) is 5.82 Å². The maximum Gasteiger partial charge on any atom is 0.257 e. The lowest BCUT2D eigenvalue weighted by atomic mass is 10.2. The van der Waals surface area contributed by atoms with Crippen molar-refractivity contribution in [3.05, 3.63) is 60.2 Å². The zero-order valence-corrected chi connectivity index (χ0v) is 16.3. The summed E-state index contributed by atoms with van der Waals surface area (Å²) in [6.45, 7) is 0.279. The number of aromatic nitrogens is 2. The van der Waals surface area contributed by atoms with Crippen molar-refractivity contribution >= 4 is 10.0 Å². The Morgan fingerprint density at radius 2 is 2.03 bits per heavy atom. The highest BCUT2D eigenvalue weighted by molar-refractivity contribution is 7.89. The van der Waals surface area contributed by atoms with Crippen molar-refractivity contribution in [2.45, 2.75) is 11.0 Å². The first-order chi connectivity index (χ1) is 14.0. The Morgan fingerprint density at radius 3 is 2.83 bits per heavy atom. The van der Waals surface area contributed by atoms with Crippen LogP contribution in [0.25, 0.3) is 11.4 Å². The SMILES string of the molecule is COc1cccc(-c2noc([C@@H]3CN(S(=O)(=O)c4cccc(F)c4)CCO3)n2)c1. The number of methoxy groups -OCH3 is 1. The standard InChI is InChI=1S/C19H18FN3O5S/c1-26-15-6-2-4-13(10-15)18-21-19(28-22-18)17-12-23(8-9-27-17)29(24,25)16-7-3-5-14(20)11-16/h2-7,10-11,17H,8-9,12H2,1H3/t17-/m0/s1. The molecule has 10 heteroatoms. The lowest BCUT2D eigenvalue weighted by Gasteiger charge is -2.30. The summed E-state index contributed by atoms with van der Waals surface area (Å²) in [4.78, 5) is 4.23. The third-order valence-corrected chi connectivity index (χ3v) is 6.37. The van der Waals surface area contributed by atoms with Gasteiger partial charge in [-0.05, 0) is 30.3 Å². The minimum Gasteiger partial charge on any atom is -0.497 e. The van der Waals surface area contributed by atoms with E-state index in [0.29, 0.717) is 17.1 Å². The highest BCUT2D eigenvalue weighted by atomic mass is 32.2. The Balaban J connectivity index is 1.55. The van der Waals surface area contributed by atoms with Crippen LogP contribution in [0.15, 0.2) is 57.9 Å². The minimum absolute atomic E-state index is 0.0153. The van der Waals surface area contributed by atoms with E-state index in [4.69, 9.17) is 14.0 Å². The molecule has 1 saturated heterocycles. The number of ether oxygens (including phenoxy) is 2. The van der Waals surface area contributed by atoms with Gasteiger partial charge < -0.3 is 14.0 Å². The van der Waals surface area contributed by atoms with E-state index in [1.165, 1.54) is 22.5 Å². The van der Waals surface area contributed by atoms with Crippen molar-refractivity contribution in [2.24, 2.45) is 0 Å². The quantitative estimate of drug-likeness (QED) is 0.627. The molecule has 0 unspecified atom stereocenters. The predicted molar refractivity (Wildman–Crippen MR) is 100 cm³/mol. The average molecular weight is 419 g/mol. The second kappa shape index (κ2) is 7.90. The van der Waals surface area contributed by atoms with Crippen molar-refractivity contribution in [2.75, 3.05) is 26.8 Å². The Hall–Kier alpha value is -2.82. The van der Waals surface area contributed by atoms with Crippen LogP contribution in [-0.4, -0.2) is 49.7 Å². The largest absolute Gasteiger partial charge is 0.497 e. The molecule has 1 aliphatic heterocycles. The summed E-state index contributed by atoms with van der Waals surface area (Å²) in [5.41, 5.74) is 0.694. The second-order valence-electron chi connectivity index (χ2n) is 6.37. The van der Waals surface area contributed by atoms with Crippen molar-refractivity contribution in [1.82, 2.24) is 14.4 Å². The number of nitrogens with zero attached hydrogens (tertiary/aromatic N) is 3. The number of hydrogen-bond acceptors (Lipinski definition) is 7. The maximum absolute atomic E-state index is 13.5. The van der Waals surface area contributed by atoms with Crippen LogP contribution < -0.4 is 4.74 Å². The van der Waals surface area contributed by atoms with Crippen molar-refractivity contribution in [3.8, 4) is 17.1 Å². The number of hydrogen-bond donors (Lipinski definition) is 0. The highest BCUT2D eigenvalue weighted by Crippen LogP contribution is 2.28. The molecule has 0 saturated carbocycles. The molecule has 1 fully saturated rings. The van der Waals surface area contributed by atoms with E-state index in [1.807, 2.05) is 0 Å². The lowest BCUT2D eigenvalue weighted by Crippen LogP contribution is -2.42. The summed E-state index contributed by atoms with van der Waals surface area (Å²) in [7, 11) is -2.31. The summed E-state index contributed by atoms with van der Waals surface area (Å²) in [6.07, 6.45) is -0.723. The normalized spacial score (nSPS) is 17.9. The molecule has 0 N–H and O–H groups in total. The fraction of sp³-hybridized carbons (Fsp3) is 0.263. The molecule has 0 bridgehead atoms. The second-order valence-corrected chi connectivity index (χ2v) is 8.31. The summed E-state index contributed by atoms with van der Waals surface area (Å²) in [5, 5.41) is 3.95. The topological polar surface area (TPSA) is 94.8 Å². The van der Waals surface area contributed by atoms with Gasteiger partial charge in [0.25, 0.3) is 5.89 Å². The third kappa shape index (κ3) is 4.00. The van der Waals surface area contributed by atoms with E-state index in [-0.39, 0.29) is 30.5 Å². The number of morpholine rings is 1. The van der Waals surface area contributed by atoms with E-state index >= 15 is 0 Å². The summed E-state index contributed by atoms with van der Waals surface area (Å²) >= 11 is 0. The van der Waals surface area contributed by atoms with Gasteiger partial charge in [0, 0.05) is 18.7 Å². The van der Waals surface area contributed by atoms with Crippen LogP contribution in [-0.2, 0) is 14.8 Å². The maximum atomic E-state index is 13.5. The molecule has 0 radical (unpaired) electrons. The van der Waals surface area contributed by atoms with E-state index < -0.39 is 21.9 Å². The van der Waals surface area contributed by atoms with E-state index in [9.17, 15) is 12.8 Å². The molecule has 29 heavy (non-hydrogen) atoms. The molecule has 3 aromatic rings. The van der Waals surface area contributed by atoms with Crippen LogP contribution in [0.5, 0.6) is 5.75 Å². The van der Waals surface area contributed by atoms with Gasteiger partial charge in [0.2, 0.25) is 15.8 Å². The summed E-state index contributed by atoms with van der Waals surface area (Å²) in [6, 6.07) is 12.1. The van der Waals surface area contributed by atoms with Gasteiger partial charge >= 0.3 is 0 Å². The van der Waals surface area contributed by atoms with Gasteiger partial charge in [0.15, 0.2) is 6.10 Å². The fourth-order valence-electron chi connectivity index (χ4n) is 3.02. The minimum atomic E-state index is -3.87. The first-order valence-corrected chi connectivity index (χ1v) is 10.3. The number of benzene rings is 2. The first kappa shape index (κ1) is 19.5. The Bertz CT molecular complexity index is 1120. The molecule has 4 rings (SSSR count). The molecule has 8 nitrogen and oxygen atoms in total. The molecule has 152 valence electrons. The zero-order valence-electron chi connectivity index (χ0n) is 15.5. The number of halogens is 1. The van der Waals surface area contributed by atoms with Crippen LogP contribution in [0.1, 0.15) is 12.0 Å². The van der Waals surface area contributed by atoms with Gasteiger partial charge in [-0.15, -0.1) is 0 Å². The lowest BCUT2D eigenvalue weighted by molar-refractivity contribution is -0.0199. The Kier molecular flexibility index (Phi) is 5.31. The van der Waals surface area contributed by atoms with Gasteiger partial charge in [-0.3, -0.25) is 0 Å². The summed E-state index contributed by atoms with van der Waals surface area (Å²) in [5.74, 6) is 0.542. The van der Waals surface area contributed by atoms with Crippen LogP contribution >= 0.6 is 0 Å². The molecule has 2 aromatic carbocycles. The molecule has 1 aliphatic rings. The van der Waals surface area contributed by atoms with Gasteiger partial charge in [-0.25, -0.2) is 12.8 Å². The monoisotopic (exact) mass is 419 g/mol. The first-order valence-electron chi connectivity index (χ1n) is 8.83.